The van der Waals surface area contributed by atoms with Gasteiger partial charge in [0.15, 0.2) is 11.5 Å². The lowest BCUT2D eigenvalue weighted by Crippen LogP contribution is -2.13. The van der Waals surface area contributed by atoms with Crippen molar-refractivity contribution in [3.63, 3.8) is 0 Å². The van der Waals surface area contributed by atoms with Gasteiger partial charge in [-0.1, -0.05) is 6.07 Å². The van der Waals surface area contributed by atoms with Gasteiger partial charge in [-0.05, 0) is 35.6 Å². The molecule has 1 aliphatic rings. The molecule has 0 aliphatic carbocycles. The van der Waals surface area contributed by atoms with Gasteiger partial charge in [-0.25, -0.2) is 4.79 Å². The van der Waals surface area contributed by atoms with Crippen LogP contribution in [0.1, 0.15) is 21.7 Å². The number of aromatic carboxylic acids is 1. The number of anilines is 1. The van der Waals surface area contributed by atoms with Gasteiger partial charge in [-0.3, -0.25) is 4.79 Å². The summed E-state index contributed by atoms with van der Waals surface area (Å²) >= 11 is 1.08. The van der Waals surface area contributed by atoms with E-state index in [1.165, 1.54) is 0 Å². The minimum absolute atomic E-state index is 0.136. The van der Waals surface area contributed by atoms with Crippen molar-refractivity contribution < 1.29 is 24.2 Å². The molecule has 0 saturated heterocycles. The van der Waals surface area contributed by atoms with Crippen molar-refractivity contribution >= 4 is 28.9 Å². The second-order valence-corrected chi connectivity index (χ2v) is 5.62. The minimum atomic E-state index is -1.04. The van der Waals surface area contributed by atoms with Crippen LogP contribution in [-0.4, -0.2) is 23.8 Å². The largest absolute Gasteiger partial charge is 0.477 e. The van der Waals surface area contributed by atoms with E-state index in [0.717, 1.165) is 16.9 Å². The average molecular weight is 319 g/mol. The van der Waals surface area contributed by atoms with Crippen LogP contribution in [0.15, 0.2) is 29.6 Å². The smallest absolute Gasteiger partial charge is 0.348 e. The quantitative estimate of drug-likeness (QED) is 0.885. The maximum absolute atomic E-state index is 11.9. The number of benzene rings is 1. The highest BCUT2D eigenvalue weighted by atomic mass is 32.1. The van der Waals surface area contributed by atoms with Crippen LogP contribution in [0, 0.1) is 0 Å². The van der Waals surface area contributed by atoms with Crippen LogP contribution >= 0.6 is 11.3 Å². The molecule has 0 fully saturated rings. The number of nitrogens with one attached hydrogen (secondary N) is 1. The molecule has 0 saturated carbocycles. The fourth-order valence-electron chi connectivity index (χ4n) is 2.14. The number of aryl methyl sites for hydroxylation is 1. The zero-order chi connectivity index (χ0) is 15.5. The van der Waals surface area contributed by atoms with Crippen LogP contribution in [0.4, 0.5) is 5.69 Å². The molecule has 1 amide bonds. The normalized spacial score (nSPS) is 12.2. The molecule has 114 valence electrons. The highest BCUT2D eigenvalue weighted by Gasteiger charge is 2.15. The van der Waals surface area contributed by atoms with Crippen LogP contribution in [0.25, 0.3) is 0 Å². The Kier molecular flexibility index (Phi) is 3.97. The highest BCUT2D eigenvalue weighted by Crippen LogP contribution is 2.32. The van der Waals surface area contributed by atoms with Crippen molar-refractivity contribution in [1.82, 2.24) is 0 Å². The van der Waals surface area contributed by atoms with Gasteiger partial charge >= 0.3 is 5.97 Å². The molecule has 2 aromatic rings. The van der Waals surface area contributed by atoms with Gasteiger partial charge in [0.2, 0.25) is 12.7 Å². The summed E-state index contributed by atoms with van der Waals surface area (Å²) in [6, 6.07) is 7.14. The number of thiophene rings is 1. The minimum Gasteiger partial charge on any atom is -0.477 e. The summed E-state index contributed by atoms with van der Waals surface area (Å²) in [4.78, 5) is 23.1. The molecule has 0 bridgehead atoms. The summed E-state index contributed by atoms with van der Waals surface area (Å²) < 4.78 is 10.5. The summed E-state index contributed by atoms with van der Waals surface area (Å²) in [6.45, 7) is 0.218. The maximum Gasteiger partial charge on any atom is 0.348 e. The molecule has 2 heterocycles. The molecule has 1 aromatic heterocycles. The SMILES string of the molecule is O=C(CCc1ccc2c(c1)OCO2)Nc1ccsc1C(=O)O. The molecule has 2 N–H and O–H groups in total. The first-order chi connectivity index (χ1) is 10.6. The van der Waals surface area contributed by atoms with E-state index in [0.29, 0.717) is 23.6 Å². The second kappa shape index (κ2) is 6.07. The maximum atomic E-state index is 11.9. The van der Waals surface area contributed by atoms with Crippen molar-refractivity contribution in [3.05, 3.63) is 40.1 Å². The molecular weight excluding hydrogens is 306 g/mol. The van der Waals surface area contributed by atoms with Gasteiger partial charge in [0, 0.05) is 6.42 Å². The Morgan fingerprint density at radius 1 is 1.23 bits per heavy atom. The predicted molar refractivity (Wildman–Crippen MR) is 80.8 cm³/mol. The van der Waals surface area contributed by atoms with Crippen LogP contribution in [0.5, 0.6) is 11.5 Å². The van der Waals surface area contributed by atoms with Crippen molar-refractivity contribution in [2.45, 2.75) is 12.8 Å². The molecule has 7 heteroatoms. The van der Waals surface area contributed by atoms with E-state index >= 15 is 0 Å². The zero-order valence-electron chi connectivity index (χ0n) is 11.5. The Bertz CT molecular complexity index is 724. The first kappa shape index (κ1) is 14.4. The molecule has 3 rings (SSSR count). The number of hydrogen-bond acceptors (Lipinski definition) is 5. The third-order valence-electron chi connectivity index (χ3n) is 3.21. The Hall–Kier alpha value is -2.54. The number of hydrogen-bond donors (Lipinski definition) is 2. The Balaban J connectivity index is 1.58. The van der Waals surface area contributed by atoms with Gasteiger partial charge in [-0.15, -0.1) is 11.3 Å². The topological polar surface area (TPSA) is 84.9 Å². The van der Waals surface area contributed by atoms with Crippen molar-refractivity contribution in [2.24, 2.45) is 0 Å². The molecule has 0 unspecified atom stereocenters. The first-order valence-electron chi connectivity index (χ1n) is 6.62. The third-order valence-corrected chi connectivity index (χ3v) is 4.11. The van der Waals surface area contributed by atoms with Crippen LogP contribution < -0.4 is 14.8 Å². The van der Waals surface area contributed by atoms with Crippen LogP contribution in [-0.2, 0) is 11.2 Å². The van der Waals surface area contributed by atoms with E-state index in [4.69, 9.17) is 14.6 Å². The Morgan fingerprint density at radius 2 is 2.05 bits per heavy atom. The van der Waals surface area contributed by atoms with Gasteiger partial charge in [0.05, 0.1) is 5.69 Å². The van der Waals surface area contributed by atoms with E-state index in [9.17, 15) is 9.59 Å². The lowest BCUT2D eigenvalue weighted by molar-refractivity contribution is -0.116. The third kappa shape index (κ3) is 3.04. The van der Waals surface area contributed by atoms with Crippen molar-refractivity contribution in [2.75, 3.05) is 12.1 Å². The molecule has 0 spiro atoms. The van der Waals surface area contributed by atoms with E-state index in [-0.39, 0.29) is 24.0 Å². The molecule has 22 heavy (non-hydrogen) atoms. The average Bonchev–Trinajstić information content (AvgIpc) is 3.13. The standard InChI is InChI=1S/C15H13NO5S/c17-13(16-10-5-6-22-14(10)15(18)19)4-2-9-1-3-11-12(7-9)21-8-20-11/h1,3,5-7H,2,4,8H2,(H,16,17)(H,18,19). The van der Waals surface area contributed by atoms with Gasteiger partial charge in [0.25, 0.3) is 0 Å². The first-order valence-corrected chi connectivity index (χ1v) is 7.50. The summed E-state index contributed by atoms with van der Waals surface area (Å²) in [5.74, 6) is 0.126. The fraction of sp³-hybridized carbons (Fsp3) is 0.200. The summed E-state index contributed by atoms with van der Waals surface area (Å²) in [5, 5.41) is 13.3. The van der Waals surface area contributed by atoms with Gasteiger partial charge < -0.3 is 19.9 Å². The van der Waals surface area contributed by atoms with E-state index < -0.39 is 5.97 Å². The van der Waals surface area contributed by atoms with Crippen molar-refractivity contribution in [1.29, 1.82) is 0 Å². The number of rotatable bonds is 5. The number of fused-ring (bicyclic) bond motifs is 1. The van der Waals surface area contributed by atoms with E-state index in [2.05, 4.69) is 5.32 Å². The zero-order valence-corrected chi connectivity index (χ0v) is 12.3. The summed E-state index contributed by atoms with van der Waals surface area (Å²) in [6.07, 6.45) is 0.795. The van der Waals surface area contributed by atoms with E-state index in [1.807, 2.05) is 18.2 Å². The lowest BCUT2D eigenvalue weighted by Gasteiger charge is -2.05. The molecule has 0 atom stereocenters. The number of carbonyl (C=O) groups is 2. The molecule has 1 aliphatic heterocycles. The van der Waals surface area contributed by atoms with Crippen LogP contribution in [0.2, 0.25) is 0 Å². The molecule has 0 radical (unpaired) electrons. The van der Waals surface area contributed by atoms with Gasteiger partial charge in [0.1, 0.15) is 4.88 Å². The number of ether oxygens (including phenoxy) is 2. The van der Waals surface area contributed by atoms with Gasteiger partial charge in [-0.2, -0.15) is 0 Å². The molecule has 6 nitrogen and oxygen atoms in total. The lowest BCUT2D eigenvalue weighted by atomic mass is 10.1. The Morgan fingerprint density at radius 3 is 2.86 bits per heavy atom. The fourth-order valence-corrected chi connectivity index (χ4v) is 2.83. The monoisotopic (exact) mass is 319 g/mol. The number of carboxylic acid groups (broad SMARTS) is 1. The predicted octanol–water partition coefficient (Wildman–Crippen LogP) is 2.75. The number of carboxylic acids is 1. The van der Waals surface area contributed by atoms with Crippen LogP contribution in [0.3, 0.4) is 0 Å². The number of carbonyl (C=O) groups excluding carboxylic acids is 1. The number of amides is 1. The van der Waals surface area contributed by atoms with Crippen molar-refractivity contribution in [3.8, 4) is 11.5 Å². The second-order valence-electron chi connectivity index (χ2n) is 4.70. The van der Waals surface area contributed by atoms with E-state index in [1.54, 1.807) is 11.4 Å². The summed E-state index contributed by atoms with van der Waals surface area (Å²) in [5.41, 5.74) is 1.30. The summed E-state index contributed by atoms with van der Waals surface area (Å²) in [7, 11) is 0. The Labute approximate surface area is 130 Å². The molecular formula is C15H13NO5S. The highest BCUT2D eigenvalue weighted by molar-refractivity contribution is 7.12. The molecule has 1 aromatic carbocycles.